The van der Waals surface area contributed by atoms with Crippen molar-refractivity contribution >= 4 is 31.6 Å². The van der Waals surface area contributed by atoms with Crippen LogP contribution < -0.4 is 4.72 Å². The predicted molar refractivity (Wildman–Crippen MR) is 76.0 cm³/mol. The molecule has 3 nitrogen and oxygen atoms in total. The molecular formula is C12H18BrNO2S. The summed E-state index contributed by atoms with van der Waals surface area (Å²) in [6, 6.07) is 7.56. The Morgan fingerprint density at radius 1 is 1.18 bits per heavy atom. The Morgan fingerprint density at radius 2 is 1.82 bits per heavy atom. The Balaban J connectivity index is 2.56. The van der Waals surface area contributed by atoms with Gasteiger partial charge in [0, 0.05) is 5.69 Å². The van der Waals surface area contributed by atoms with Crippen LogP contribution in [0, 0.1) is 0 Å². The number of nitrogens with one attached hydrogen (secondary N) is 1. The first-order valence-corrected chi connectivity index (χ1v) is 8.50. The summed E-state index contributed by atoms with van der Waals surface area (Å²) in [5.41, 5.74) is 1.86. The lowest BCUT2D eigenvalue weighted by atomic mass is 10.1. The Labute approximate surface area is 112 Å². The Bertz CT molecular complexity index is 428. The molecule has 0 spiro atoms. The molecule has 1 rings (SSSR count). The minimum absolute atomic E-state index is 0.0851. The van der Waals surface area contributed by atoms with Crippen molar-refractivity contribution < 1.29 is 8.42 Å². The molecule has 0 aliphatic rings. The zero-order chi connectivity index (χ0) is 12.7. The highest BCUT2D eigenvalue weighted by molar-refractivity contribution is 9.10. The molecular weight excluding hydrogens is 302 g/mol. The summed E-state index contributed by atoms with van der Waals surface area (Å²) in [6.45, 7) is 2.18. The van der Waals surface area contributed by atoms with Crippen molar-refractivity contribution in [3.8, 4) is 0 Å². The Morgan fingerprint density at radius 3 is 2.35 bits per heavy atom. The maximum Gasteiger partial charge on any atom is 0.242 e. The van der Waals surface area contributed by atoms with Crippen LogP contribution in [-0.2, 0) is 16.4 Å². The van der Waals surface area contributed by atoms with Gasteiger partial charge in [0.25, 0.3) is 0 Å². The summed E-state index contributed by atoms with van der Waals surface area (Å²) in [5, 5.41) is 0. The summed E-state index contributed by atoms with van der Waals surface area (Å²) in [6.07, 6.45) is 4.68. The second-order valence-corrected chi connectivity index (χ2v) is 7.01. The van der Waals surface area contributed by atoms with Gasteiger partial charge in [-0.2, -0.15) is 0 Å². The van der Waals surface area contributed by atoms with Crippen molar-refractivity contribution in [2.24, 2.45) is 0 Å². The van der Waals surface area contributed by atoms with Gasteiger partial charge in [-0.25, -0.2) is 8.42 Å². The summed E-state index contributed by atoms with van der Waals surface area (Å²) >= 11 is 2.93. The topological polar surface area (TPSA) is 46.2 Å². The van der Waals surface area contributed by atoms with Crippen molar-refractivity contribution in [3.63, 3.8) is 0 Å². The average Bonchev–Trinajstić information content (AvgIpc) is 2.31. The smallest absolute Gasteiger partial charge is 0.242 e. The van der Waals surface area contributed by atoms with E-state index in [-0.39, 0.29) is 4.66 Å². The van der Waals surface area contributed by atoms with E-state index in [2.05, 4.69) is 27.6 Å². The lowest BCUT2D eigenvalue weighted by Gasteiger charge is -2.06. The molecule has 5 heteroatoms. The highest BCUT2D eigenvalue weighted by Gasteiger charge is 2.06. The lowest BCUT2D eigenvalue weighted by Crippen LogP contribution is -2.12. The Hall–Kier alpha value is -0.550. The third-order valence-corrected chi connectivity index (χ3v) is 5.08. The quantitative estimate of drug-likeness (QED) is 0.617. The summed E-state index contributed by atoms with van der Waals surface area (Å²) in [7, 11) is -3.24. The minimum atomic E-state index is -3.24. The third-order valence-electron chi connectivity index (χ3n) is 2.44. The number of hydrogen-bond donors (Lipinski definition) is 1. The monoisotopic (exact) mass is 319 g/mol. The summed E-state index contributed by atoms with van der Waals surface area (Å²) < 4.78 is 25.0. The van der Waals surface area contributed by atoms with Crippen molar-refractivity contribution in [2.75, 3.05) is 9.38 Å². The number of hydrogen-bond acceptors (Lipinski definition) is 2. The van der Waals surface area contributed by atoms with Gasteiger partial charge in [-0.15, -0.1) is 0 Å². The average molecular weight is 320 g/mol. The van der Waals surface area contributed by atoms with Crippen LogP contribution >= 0.6 is 15.9 Å². The highest BCUT2D eigenvalue weighted by Crippen LogP contribution is 2.14. The van der Waals surface area contributed by atoms with Gasteiger partial charge in [0.15, 0.2) is 0 Å². The van der Waals surface area contributed by atoms with Gasteiger partial charge in [0.1, 0.15) is 4.66 Å². The minimum Gasteiger partial charge on any atom is -0.283 e. The molecule has 0 saturated carbocycles. The molecule has 96 valence electrons. The molecule has 1 N–H and O–H groups in total. The molecule has 0 heterocycles. The second kappa shape index (κ2) is 7.01. The molecule has 0 amide bonds. The number of sulfonamides is 1. The van der Waals surface area contributed by atoms with Crippen molar-refractivity contribution in [1.29, 1.82) is 0 Å². The Kier molecular flexibility index (Phi) is 5.98. The molecule has 0 aromatic heterocycles. The molecule has 1 aromatic carbocycles. The molecule has 0 unspecified atom stereocenters. The van der Waals surface area contributed by atoms with Crippen LogP contribution in [0.1, 0.15) is 31.7 Å². The number of benzene rings is 1. The maximum atomic E-state index is 11.3. The van der Waals surface area contributed by atoms with Gasteiger partial charge in [-0.05, 0) is 30.5 Å². The van der Waals surface area contributed by atoms with Crippen molar-refractivity contribution in [3.05, 3.63) is 29.8 Å². The van der Waals surface area contributed by atoms with E-state index < -0.39 is 10.0 Å². The molecule has 0 saturated heterocycles. The largest absolute Gasteiger partial charge is 0.283 e. The van der Waals surface area contributed by atoms with E-state index in [4.69, 9.17) is 0 Å². The number of halogens is 1. The van der Waals surface area contributed by atoms with Crippen LogP contribution in [0.15, 0.2) is 24.3 Å². The fourth-order valence-corrected chi connectivity index (χ4v) is 2.42. The van der Waals surface area contributed by atoms with Gasteiger partial charge in [-0.3, -0.25) is 4.72 Å². The SMILES string of the molecule is CCCCCc1ccc(NS(=O)(=O)CBr)cc1. The summed E-state index contributed by atoms with van der Waals surface area (Å²) in [5.74, 6) is 0. The fraction of sp³-hybridized carbons (Fsp3) is 0.500. The van der Waals surface area contributed by atoms with Gasteiger partial charge in [0.05, 0.1) is 0 Å². The highest BCUT2D eigenvalue weighted by atomic mass is 79.9. The number of alkyl halides is 1. The van der Waals surface area contributed by atoms with Gasteiger partial charge in [0.2, 0.25) is 10.0 Å². The van der Waals surface area contributed by atoms with Crippen LogP contribution in [0.4, 0.5) is 5.69 Å². The normalized spacial score (nSPS) is 11.4. The van der Waals surface area contributed by atoms with E-state index in [9.17, 15) is 8.42 Å². The molecule has 0 radical (unpaired) electrons. The molecule has 0 aliphatic carbocycles. The number of anilines is 1. The lowest BCUT2D eigenvalue weighted by molar-refractivity contribution is 0.606. The van der Waals surface area contributed by atoms with Crippen LogP contribution in [0.25, 0.3) is 0 Å². The third kappa shape index (κ3) is 5.55. The van der Waals surface area contributed by atoms with Crippen LogP contribution in [-0.4, -0.2) is 13.1 Å². The number of unbranched alkanes of at least 4 members (excludes halogenated alkanes) is 2. The van der Waals surface area contributed by atoms with Gasteiger partial charge in [-0.1, -0.05) is 47.8 Å². The fourth-order valence-electron chi connectivity index (χ4n) is 1.53. The van der Waals surface area contributed by atoms with Crippen LogP contribution in [0.3, 0.4) is 0 Å². The van der Waals surface area contributed by atoms with E-state index in [0.717, 1.165) is 6.42 Å². The first-order valence-electron chi connectivity index (χ1n) is 5.73. The molecule has 1 aromatic rings. The van der Waals surface area contributed by atoms with Gasteiger partial charge < -0.3 is 0 Å². The van der Waals surface area contributed by atoms with E-state index in [1.165, 1.54) is 24.8 Å². The molecule has 17 heavy (non-hydrogen) atoms. The molecule has 0 bridgehead atoms. The van der Waals surface area contributed by atoms with E-state index in [0.29, 0.717) is 5.69 Å². The first kappa shape index (κ1) is 14.5. The number of rotatable bonds is 7. The van der Waals surface area contributed by atoms with E-state index >= 15 is 0 Å². The van der Waals surface area contributed by atoms with Gasteiger partial charge >= 0.3 is 0 Å². The maximum absolute atomic E-state index is 11.3. The van der Waals surface area contributed by atoms with Crippen molar-refractivity contribution in [1.82, 2.24) is 0 Å². The first-order chi connectivity index (χ1) is 8.07. The van der Waals surface area contributed by atoms with Crippen molar-refractivity contribution in [2.45, 2.75) is 32.6 Å². The zero-order valence-electron chi connectivity index (χ0n) is 9.95. The standard InChI is InChI=1S/C12H18BrNO2S/c1-2-3-4-5-11-6-8-12(9-7-11)14-17(15,16)10-13/h6-9,14H,2-5,10H2,1H3. The molecule has 0 atom stereocenters. The van der Waals surface area contributed by atoms with Crippen LogP contribution in [0.5, 0.6) is 0 Å². The predicted octanol–water partition coefficient (Wildman–Crippen LogP) is 3.51. The van der Waals surface area contributed by atoms with E-state index in [1.807, 2.05) is 24.3 Å². The second-order valence-electron chi connectivity index (χ2n) is 3.98. The molecule has 0 aliphatic heterocycles. The number of aryl methyl sites for hydroxylation is 1. The van der Waals surface area contributed by atoms with E-state index in [1.54, 1.807) is 0 Å². The molecule has 0 fully saturated rings. The zero-order valence-corrected chi connectivity index (χ0v) is 12.4. The summed E-state index contributed by atoms with van der Waals surface area (Å²) in [4.78, 5) is 0. The van der Waals surface area contributed by atoms with Crippen LogP contribution in [0.2, 0.25) is 0 Å².